The third kappa shape index (κ3) is 5.61. The second-order valence-corrected chi connectivity index (χ2v) is 5.17. The fraction of sp³-hybridized carbons (Fsp3) is 0.562. The van der Waals surface area contributed by atoms with Crippen LogP contribution in [0.4, 0.5) is 0 Å². The molecule has 0 bridgehead atoms. The molecule has 112 valence electrons. The smallest absolute Gasteiger partial charge is 0.260 e. The Hall–Kier alpha value is -1.55. The zero-order valence-corrected chi connectivity index (χ0v) is 13.0. The highest BCUT2D eigenvalue weighted by Gasteiger charge is 2.15. The fourth-order valence-electron chi connectivity index (χ4n) is 1.91. The van der Waals surface area contributed by atoms with Crippen LogP contribution in [0, 0.1) is 0 Å². The summed E-state index contributed by atoms with van der Waals surface area (Å²) in [6.07, 6.45) is 1.37. The average Bonchev–Trinajstić information content (AvgIpc) is 2.43. The molecule has 4 nitrogen and oxygen atoms in total. The molecular formula is C16H26N2O2. The quantitative estimate of drug-likeness (QED) is 0.740. The largest absolute Gasteiger partial charge is 0.481 e. The minimum atomic E-state index is -0.470. The van der Waals surface area contributed by atoms with Crippen LogP contribution in [0.5, 0.6) is 5.75 Å². The van der Waals surface area contributed by atoms with Crippen molar-refractivity contribution in [2.45, 2.75) is 32.8 Å². The van der Waals surface area contributed by atoms with E-state index in [1.807, 2.05) is 38.4 Å². The first-order valence-corrected chi connectivity index (χ1v) is 7.21. The van der Waals surface area contributed by atoms with E-state index in [4.69, 9.17) is 4.74 Å². The van der Waals surface area contributed by atoms with Crippen molar-refractivity contribution in [1.29, 1.82) is 0 Å². The molecule has 1 rings (SSSR count). The Bertz CT molecular complexity index is 419. The van der Waals surface area contributed by atoms with Crippen molar-refractivity contribution in [1.82, 2.24) is 10.2 Å². The maximum Gasteiger partial charge on any atom is 0.260 e. The van der Waals surface area contributed by atoms with Gasteiger partial charge in [-0.25, -0.2) is 0 Å². The van der Waals surface area contributed by atoms with E-state index in [0.29, 0.717) is 6.54 Å². The van der Waals surface area contributed by atoms with Crippen LogP contribution >= 0.6 is 0 Å². The first kappa shape index (κ1) is 16.5. The van der Waals surface area contributed by atoms with E-state index in [-0.39, 0.29) is 5.91 Å². The number of carbonyl (C=O) groups is 1. The van der Waals surface area contributed by atoms with Crippen LogP contribution in [0.1, 0.15) is 25.8 Å². The van der Waals surface area contributed by atoms with Gasteiger partial charge >= 0.3 is 0 Å². The number of ether oxygens (including phenoxy) is 1. The van der Waals surface area contributed by atoms with Gasteiger partial charge in [0.1, 0.15) is 5.75 Å². The van der Waals surface area contributed by atoms with Gasteiger partial charge in [-0.05, 0) is 52.0 Å². The summed E-state index contributed by atoms with van der Waals surface area (Å²) in [7, 11) is 4.05. The van der Waals surface area contributed by atoms with E-state index in [1.54, 1.807) is 6.92 Å². The normalized spacial score (nSPS) is 12.2. The molecule has 4 heteroatoms. The molecule has 0 radical (unpaired) electrons. The van der Waals surface area contributed by atoms with E-state index in [0.717, 1.165) is 30.7 Å². The first-order chi connectivity index (χ1) is 9.54. The minimum absolute atomic E-state index is 0.0605. The zero-order chi connectivity index (χ0) is 15.0. The molecule has 0 unspecified atom stereocenters. The number of para-hydroxylation sites is 1. The Labute approximate surface area is 122 Å². The molecule has 0 fully saturated rings. The summed E-state index contributed by atoms with van der Waals surface area (Å²) in [5, 5.41) is 2.90. The summed E-state index contributed by atoms with van der Waals surface area (Å²) in [6, 6.07) is 7.85. The Balaban J connectivity index is 2.41. The van der Waals surface area contributed by atoms with Gasteiger partial charge in [0, 0.05) is 6.54 Å². The average molecular weight is 278 g/mol. The van der Waals surface area contributed by atoms with Crippen molar-refractivity contribution in [2.75, 3.05) is 27.2 Å². The van der Waals surface area contributed by atoms with Crippen LogP contribution in [-0.2, 0) is 11.2 Å². The number of rotatable bonds is 8. The summed E-state index contributed by atoms with van der Waals surface area (Å²) < 4.78 is 5.75. The van der Waals surface area contributed by atoms with Crippen LogP contribution < -0.4 is 10.1 Å². The number of carbonyl (C=O) groups excluding carboxylic acids is 1. The van der Waals surface area contributed by atoms with Gasteiger partial charge in [-0.15, -0.1) is 0 Å². The van der Waals surface area contributed by atoms with Crippen molar-refractivity contribution >= 4 is 5.91 Å². The molecule has 0 heterocycles. The lowest BCUT2D eigenvalue weighted by Crippen LogP contribution is -2.37. The number of benzene rings is 1. The Kier molecular flexibility index (Phi) is 7.09. The molecule has 1 atom stereocenters. The Morgan fingerprint density at radius 1 is 1.35 bits per heavy atom. The van der Waals surface area contributed by atoms with E-state index < -0.39 is 6.10 Å². The van der Waals surface area contributed by atoms with Crippen LogP contribution in [0.3, 0.4) is 0 Å². The number of aryl methyl sites for hydroxylation is 1. The number of hydrogen-bond donors (Lipinski definition) is 1. The highest BCUT2D eigenvalue weighted by atomic mass is 16.5. The fourth-order valence-corrected chi connectivity index (χ4v) is 1.91. The SMILES string of the molecule is CCc1ccccc1O[C@H](C)C(=O)NCCCN(C)C. The molecule has 1 aromatic carbocycles. The Morgan fingerprint density at radius 3 is 2.70 bits per heavy atom. The van der Waals surface area contributed by atoms with Gasteiger partial charge < -0.3 is 15.0 Å². The van der Waals surface area contributed by atoms with Crippen LogP contribution in [0.25, 0.3) is 0 Å². The van der Waals surface area contributed by atoms with Gasteiger partial charge in [-0.1, -0.05) is 25.1 Å². The van der Waals surface area contributed by atoms with Crippen molar-refractivity contribution in [3.63, 3.8) is 0 Å². The molecule has 0 aliphatic rings. The van der Waals surface area contributed by atoms with Gasteiger partial charge in [0.25, 0.3) is 5.91 Å². The number of hydrogen-bond acceptors (Lipinski definition) is 3. The maximum absolute atomic E-state index is 11.9. The van der Waals surface area contributed by atoms with Crippen molar-refractivity contribution < 1.29 is 9.53 Å². The van der Waals surface area contributed by atoms with Crippen LogP contribution in [0.2, 0.25) is 0 Å². The summed E-state index contributed by atoms with van der Waals surface area (Å²) in [6.45, 7) is 5.51. The highest BCUT2D eigenvalue weighted by Crippen LogP contribution is 2.19. The van der Waals surface area contributed by atoms with Gasteiger partial charge in [0.05, 0.1) is 0 Å². The maximum atomic E-state index is 11.9. The highest BCUT2D eigenvalue weighted by molar-refractivity contribution is 5.80. The molecule has 1 aromatic rings. The second kappa shape index (κ2) is 8.59. The monoisotopic (exact) mass is 278 g/mol. The zero-order valence-electron chi connectivity index (χ0n) is 13.0. The second-order valence-electron chi connectivity index (χ2n) is 5.17. The van der Waals surface area contributed by atoms with Crippen molar-refractivity contribution in [3.8, 4) is 5.75 Å². The molecule has 1 N–H and O–H groups in total. The molecule has 0 aliphatic carbocycles. The summed E-state index contributed by atoms with van der Waals surface area (Å²) in [5.74, 6) is 0.737. The van der Waals surface area contributed by atoms with Crippen molar-refractivity contribution in [3.05, 3.63) is 29.8 Å². The lowest BCUT2D eigenvalue weighted by molar-refractivity contribution is -0.127. The summed E-state index contributed by atoms with van der Waals surface area (Å²) >= 11 is 0. The Morgan fingerprint density at radius 2 is 2.05 bits per heavy atom. The molecule has 0 saturated carbocycles. The molecule has 0 saturated heterocycles. The van der Waals surface area contributed by atoms with Gasteiger partial charge in [0.15, 0.2) is 6.10 Å². The molecule has 0 spiro atoms. The van der Waals surface area contributed by atoms with Crippen molar-refractivity contribution in [2.24, 2.45) is 0 Å². The molecule has 20 heavy (non-hydrogen) atoms. The molecule has 0 aliphatic heterocycles. The van der Waals surface area contributed by atoms with Crippen LogP contribution in [-0.4, -0.2) is 44.1 Å². The summed E-state index contributed by atoms with van der Waals surface area (Å²) in [4.78, 5) is 14.0. The van der Waals surface area contributed by atoms with Gasteiger partial charge in [-0.2, -0.15) is 0 Å². The first-order valence-electron chi connectivity index (χ1n) is 7.21. The number of nitrogens with zero attached hydrogens (tertiary/aromatic N) is 1. The standard InChI is InChI=1S/C16H26N2O2/c1-5-14-9-6-7-10-15(14)20-13(2)16(19)17-11-8-12-18(3)4/h6-7,9-10,13H,5,8,11-12H2,1-4H3,(H,17,19)/t13-/m1/s1. The molecule has 1 amide bonds. The lowest BCUT2D eigenvalue weighted by atomic mass is 10.1. The van der Waals surface area contributed by atoms with E-state index in [2.05, 4.69) is 17.1 Å². The third-order valence-electron chi connectivity index (χ3n) is 3.11. The third-order valence-corrected chi connectivity index (χ3v) is 3.11. The van der Waals surface area contributed by atoms with E-state index >= 15 is 0 Å². The predicted octanol–water partition coefficient (Wildman–Crippen LogP) is 2.08. The number of amides is 1. The topological polar surface area (TPSA) is 41.6 Å². The summed E-state index contributed by atoms with van der Waals surface area (Å²) in [5.41, 5.74) is 1.12. The van der Waals surface area contributed by atoms with E-state index in [9.17, 15) is 4.79 Å². The number of nitrogens with one attached hydrogen (secondary N) is 1. The minimum Gasteiger partial charge on any atom is -0.481 e. The molecular weight excluding hydrogens is 252 g/mol. The van der Waals surface area contributed by atoms with Crippen LogP contribution in [0.15, 0.2) is 24.3 Å². The van der Waals surface area contributed by atoms with E-state index in [1.165, 1.54) is 0 Å². The lowest BCUT2D eigenvalue weighted by Gasteiger charge is -2.17. The van der Waals surface area contributed by atoms with Gasteiger partial charge in [0.2, 0.25) is 0 Å². The predicted molar refractivity (Wildman–Crippen MR) is 82.1 cm³/mol. The molecule has 0 aromatic heterocycles. The van der Waals surface area contributed by atoms with Gasteiger partial charge in [-0.3, -0.25) is 4.79 Å².